The van der Waals surface area contributed by atoms with E-state index < -0.39 is 12.7 Å². The van der Waals surface area contributed by atoms with Crippen LogP contribution in [0.15, 0.2) is 66.7 Å². The van der Waals surface area contributed by atoms with Gasteiger partial charge < -0.3 is 10.6 Å². The van der Waals surface area contributed by atoms with Crippen molar-refractivity contribution in [2.45, 2.75) is 0 Å². The topological polar surface area (TPSA) is 41.1 Å². The highest BCUT2D eigenvalue weighted by Crippen LogP contribution is 2.29. The number of hydrogen-bond acceptors (Lipinski definition) is 1. The maximum Gasteiger partial charge on any atom is 0.319 e. The average Bonchev–Trinajstić information content (AvgIpc) is 2.60. The Kier molecular flexibility index (Phi) is 4.52. The van der Waals surface area contributed by atoms with Crippen LogP contribution >= 0.6 is 0 Å². The summed E-state index contributed by atoms with van der Waals surface area (Å²) < 4.78 is 12.0. The molecule has 4 heteroatoms. The minimum absolute atomic E-state index is 0.0138. The van der Waals surface area contributed by atoms with Gasteiger partial charge in [-0.3, -0.25) is 0 Å². The largest absolute Gasteiger partial charge is 0.335 e. The van der Waals surface area contributed by atoms with Crippen LogP contribution in [0, 0.1) is 0 Å². The molecule has 0 aliphatic carbocycles. The molecule has 0 unspecified atom stereocenters. The fraction of sp³-hybridized carbons (Fsp3) is 0.105. The molecule has 0 bridgehead atoms. The zero-order valence-electron chi connectivity index (χ0n) is 12.6. The molecule has 0 fully saturated rings. The molecule has 23 heavy (non-hydrogen) atoms. The molecule has 116 valence electrons. The van der Waals surface area contributed by atoms with E-state index in [4.69, 9.17) is 0 Å². The normalized spacial score (nSPS) is 10.5. The fourth-order valence-electron chi connectivity index (χ4n) is 2.55. The van der Waals surface area contributed by atoms with Gasteiger partial charge in [0.2, 0.25) is 0 Å². The number of benzene rings is 3. The molecule has 0 heterocycles. The second kappa shape index (κ2) is 6.92. The lowest BCUT2D eigenvalue weighted by atomic mass is 9.98. The summed E-state index contributed by atoms with van der Waals surface area (Å²) in [4.78, 5) is 11.5. The number of rotatable bonds is 4. The number of carbonyl (C=O) groups is 1. The van der Waals surface area contributed by atoms with Crippen molar-refractivity contribution in [3.05, 3.63) is 66.7 Å². The van der Waals surface area contributed by atoms with Gasteiger partial charge in [-0.15, -0.1) is 0 Å². The second-order valence-electron chi connectivity index (χ2n) is 5.17. The SMILES string of the molecule is O=C(NCCF)Nc1ccc(-c2cccc3ccccc23)cc1. The molecule has 0 aromatic heterocycles. The Morgan fingerprint density at radius 3 is 2.43 bits per heavy atom. The Bertz CT molecular complexity index is 810. The number of carbonyl (C=O) groups excluding carboxylic acids is 1. The summed E-state index contributed by atoms with van der Waals surface area (Å²) in [7, 11) is 0. The molecule has 3 nitrogen and oxygen atoms in total. The van der Waals surface area contributed by atoms with Crippen molar-refractivity contribution in [2.24, 2.45) is 0 Å². The number of alkyl halides is 1. The monoisotopic (exact) mass is 308 g/mol. The number of anilines is 1. The third-order valence-corrected chi connectivity index (χ3v) is 3.62. The Morgan fingerprint density at radius 1 is 0.913 bits per heavy atom. The minimum Gasteiger partial charge on any atom is -0.335 e. The van der Waals surface area contributed by atoms with E-state index in [1.54, 1.807) is 0 Å². The summed E-state index contributed by atoms with van der Waals surface area (Å²) in [6, 6.07) is 21.6. The van der Waals surface area contributed by atoms with Crippen LogP contribution in [0.1, 0.15) is 0 Å². The van der Waals surface area contributed by atoms with Gasteiger partial charge in [-0.05, 0) is 34.0 Å². The summed E-state index contributed by atoms with van der Waals surface area (Å²) in [5.74, 6) is 0. The molecule has 0 saturated heterocycles. The Balaban J connectivity index is 1.83. The number of amides is 2. The highest BCUT2D eigenvalue weighted by atomic mass is 19.1. The van der Waals surface area contributed by atoms with Crippen LogP contribution in [-0.4, -0.2) is 19.3 Å². The van der Waals surface area contributed by atoms with Crippen LogP contribution in [0.25, 0.3) is 21.9 Å². The summed E-state index contributed by atoms with van der Waals surface area (Å²) >= 11 is 0. The van der Waals surface area contributed by atoms with Crippen molar-refractivity contribution in [3.8, 4) is 11.1 Å². The molecular formula is C19H17FN2O. The van der Waals surface area contributed by atoms with Gasteiger partial charge in [-0.2, -0.15) is 0 Å². The summed E-state index contributed by atoms with van der Waals surface area (Å²) in [5, 5.41) is 7.49. The van der Waals surface area contributed by atoms with E-state index in [-0.39, 0.29) is 6.54 Å². The lowest BCUT2D eigenvalue weighted by molar-refractivity contribution is 0.251. The zero-order valence-corrected chi connectivity index (χ0v) is 12.6. The molecule has 3 aromatic carbocycles. The fourth-order valence-corrected chi connectivity index (χ4v) is 2.55. The molecule has 3 rings (SSSR count). The van der Waals surface area contributed by atoms with Crippen molar-refractivity contribution in [3.63, 3.8) is 0 Å². The standard InChI is InChI=1S/C19H17FN2O/c20-12-13-21-19(23)22-16-10-8-15(9-11-16)18-7-3-5-14-4-1-2-6-17(14)18/h1-11H,12-13H2,(H2,21,22,23). The highest BCUT2D eigenvalue weighted by Gasteiger charge is 2.05. The third-order valence-electron chi connectivity index (χ3n) is 3.62. The molecular weight excluding hydrogens is 291 g/mol. The average molecular weight is 308 g/mol. The number of hydrogen-bond donors (Lipinski definition) is 2. The van der Waals surface area contributed by atoms with E-state index in [2.05, 4.69) is 34.9 Å². The lowest BCUT2D eigenvalue weighted by Crippen LogP contribution is -2.30. The van der Waals surface area contributed by atoms with Crippen LogP contribution in [-0.2, 0) is 0 Å². The highest BCUT2D eigenvalue weighted by molar-refractivity contribution is 5.97. The minimum atomic E-state index is -0.576. The first-order valence-electron chi connectivity index (χ1n) is 7.47. The molecule has 0 spiro atoms. The van der Waals surface area contributed by atoms with Gasteiger partial charge in [-0.25, -0.2) is 9.18 Å². The number of urea groups is 1. The third kappa shape index (κ3) is 3.48. The van der Waals surface area contributed by atoms with E-state index in [1.807, 2.05) is 42.5 Å². The van der Waals surface area contributed by atoms with Crippen molar-refractivity contribution < 1.29 is 9.18 Å². The number of halogens is 1. The van der Waals surface area contributed by atoms with Crippen molar-refractivity contribution in [1.82, 2.24) is 5.32 Å². The van der Waals surface area contributed by atoms with Gasteiger partial charge in [0.1, 0.15) is 6.67 Å². The maximum absolute atomic E-state index is 12.0. The van der Waals surface area contributed by atoms with Gasteiger partial charge in [0, 0.05) is 12.2 Å². The number of nitrogens with one attached hydrogen (secondary N) is 2. The van der Waals surface area contributed by atoms with E-state index in [0.29, 0.717) is 5.69 Å². The van der Waals surface area contributed by atoms with E-state index in [9.17, 15) is 9.18 Å². The second-order valence-corrected chi connectivity index (χ2v) is 5.17. The quantitative estimate of drug-likeness (QED) is 0.726. The lowest BCUT2D eigenvalue weighted by Gasteiger charge is -2.09. The van der Waals surface area contributed by atoms with E-state index in [1.165, 1.54) is 10.8 Å². The zero-order chi connectivity index (χ0) is 16.1. The molecule has 0 aliphatic rings. The van der Waals surface area contributed by atoms with Crippen molar-refractivity contribution in [2.75, 3.05) is 18.5 Å². The number of fused-ring (bicyclic) bond motifs is 1. The van der Waals surface area contributed by atoms with Crippen LogP contribution in [0.4, 0.5) is 14.9 Å². The Morgan fingerprint density at radius 2 is 1.65 bits per heavy atom. The maximum atomic E-state index is 12.0. The predicted molar refractivity (Wildman–Crippen MR) is 92.4 cm³/mol. The molecule has 0 aliphatic heterocycles. The van der Waals surface area contributed by atoms with Crippen molar-refractivity contribution in [1.29, 1.82) is 0 Å². The Hall–Kier alpha value is -2.88. The predicted octanol–water partition coefficient (Wildman–Crippen LogP) is 4.60. The van der Waals surface area contributed by atoms with Gasteiger partial charge >= 0.3 is 6.03 Å². The first-order valence-corrected chi connectivity index (χ1v) is 7.47. The van der Waals surface area contributed by atoms with Crippen LogP contribution in [0.5, 0.6) is 0 Å². The summed E-state index contributed by atoms with van der Waals surface area (Å²) in [6.07, 6.45) is 0. The van der Waals surface area contributed by atoms with Gasteiger partial charge in [0.15, 0.2) is 0 Å². The Labute approximate surface area is 134 Å². The molecule has 0 saturated carbocycles. The molecule has 2 amide bonds. The van der Waals surface area contributed by atoms with Gasteiger partial charge in [0.25, 0.3) is 0 Å². The van der Waals surface area contributed by atoms with Crippen LogP contribution in [0.3, 0.4) is 0 Å². The molecule has 2 N–H and O–H groups in total. The first kappa shape index (κ1) is 15.0. The molecule has 3 aromatic rings. The van der Waals surface area contributed by atoms with Crippen molar-refractivity contribution >= 4 is 22.5 Å². The first-order chi connectivity index (χ1) is 11.3. The smallest absolute Gasteiger partial charge is 0.319 e. The molecule has 0 radical (unpaired) electrons. The van der Waals surface area contributed by atoms with E-state index >= 15 is 0 Å². The van der Waals surface area contributed by atoms with Gasteiger partial charge in [-0.1, -0.05) is 54.6 Å². The van der Waals surface area contributed by atoms with Crippen LogP contribution < -0.4 is 10.6 Å². The van der Waals surface area contributed by atoms with Gasteiger partial charge in [0.05, 0.1) is 0 Å². The van der Waals surface area contributed by atoms with E-state index in [0.717, 1.165) is 11.1 Å². The summed E-state index contributed by atoms with van der Waals surface area (Å²) in [5.41, 5.74) is 2.90. The van der Waals surface area contributed by atoms with Crippen LogP contribution in [0.2, 0.25) is 0 Å². The molecule has 0 atom stereocenters. The summed E-state index contributed by atoms with van der Waals surface area (Å²) in [6.45, 7) is -0.562.